The number of ether oxygens (including phenoxy) is 1. The molecular weight excluding hydrogens is 392 g/mol. The van der Waals surface area contributed by atoms with E-state index in [4.69, 9.17) is 4.74 Å². The van der Waals surface area contributed by atoms with E-state index < -0.39 is 11.6 Å². The SMILES string of the molecule is O=C(c1ccc(Br)cc1)N1CCC[C@@H](OCc2cc(F)ccc2F)C1. The molecule has 1 aliphatic heterocycles. The molecule has 0 radical (unpaired) electrons. The third-order valence-corrected chi connectivity index (χ3v) is 4.77. The molecule has 0 aromatic heterocycles. The zero-order chi connectivity index (χ0) is 17.8. The summed E-state index contributed by atoms with van der Waals surface area (Å²) in [6.07, 6.45) is 1.43. The van der Waals surface area contributed by atoms with Crippen LogP contribution in [0.3, 0.4) is 0 Å². The Hall–Kier alpha value is -1.79. The van der Waals surface area contributed by atoms with Crippen molar-refractivity contribution in [2.75, 3.05) is 13.1 Å². The standard InChI is InChI=1S/C19H18BrF2NO2/c20-15-5-3-13(4-6-15)19(24)23-9-1-2-17(11-23)25-12-14-10-16(21)7-8-18(14)22/h3-8,10,17H,1-2,9,11-12H2/t17-/m1/s1. The molecule has 0 unspecified atom stereocenters. The first-order chi connectivity index (χ1) is 12.0. The van der Waals surface area contributed by atoms with Crippen LogP contribution in [0.25, 0.3) is 0 Å². The van der Waals surface area contributed by atoms with Gasteiger partial charge in [-0.15, -0.1) is 0 Å². The molecule has 0 aliphatic carbocycles. The fourth-order valence-corrected chi connectivity index (χ4v) is 3.16. The lowest BCUT2D eigenvalue weighted by atomic mass is 10.1. The second-order valence-electron chi connectivity index (χ2n) is 6.07. The maximum atomic E-state index is 13.7. The summed E-state index contributed by atoms with van der Waals surface area (Å²) in [5.74, 6) is -1.02. The molecule has 0 N–H and O–H groups in total. The zero-order valence-electron chi connectivity index (χ0n) is 13.6. The van der Waals surface area contributed by atoms with E-state index in [1.807, 2.05) is 12.1 Å². The van der Waals surface area contributed by atoms with Crippen molar-refractivity contribution in [2.45, 2.75) is 25.6 Å². The van der Waals surface area contributed by atoms with Crippen molar-refractivity contribution in [1.82, 2.24) is 4.90 Å². The number of hydrogen-bond acceptors (Lipinski definition) is 2. The Morgan fingerprint density at radius 3 is 2.72 bits per heavy atom. The number of amides is 1. The van der Waals surface area contributed by atoms with Gasteiger partial charge in [0.05, 0.1) is 12.7 Å². The molecule has 6 heteroatoms. The summed E-state index contributed by atoms with van der Waals surface area (Å²) in [5, 5.41) is 0. The molecular formula is C19H18BrF2NO2. The number of hydrogen-bond donors (Lipinski definition) is 0. The van der Waals surface area contributed by atoms with Crippen LogP contribution in [0.5, 0.6) is 0 Å². The Labute approximate surface area is 153 Å². The molecule has 1 fully saturated rings. The summed E-state index contributed by atoms with van der Waals surface area (Å²) in [6.45, 7) is 1.11. The summed E-state index contributed by atoms with van der Waals surface area (Å²) < 4.78 is 33.5. The minimum absolute atomic E-state index is 0.00538. The number of carbonyl (C=O) groups is 1. The number of carbonyl (C=O) groups excluding carboxylic acids is 1. The van der Waals surface area contributed by atoms with Gasteiger partial charge in [-0.2, -0.15) is 0 Å². The van der Waals surface area contributed by atoms with E-state index in [2.05, 4.69) is 15.9 Å². The highest BCUT2D eigenvalue weighted by Crippen LogP contribution is 2.20. The molecule has 1 atom stereocenters. The summed E-state index contributed by atoms with van der Waals surface area (Å²) in [4.78, 5) is 14.3. The van der Waals surface area contributed by atoms with E-state index in [-0.39, 0.29) is 24.2 Å². The Kier molecular flexibility index (Phi) is 5.81. The summed E-state index contributed by atoms with van der Waals surface area (Å²) in [7, 11) is 0. The number of benzene rings is 2. The van der Waals surface area contributed by atoms with Crippen molar-refractivity contribution < 1.29 is 18.3 Å². The highest BCUT2D eigenvalue weighted by atomic mass is 79.9. The largest absolute Gasteiger partial charge is 0.372 e. The molecule has 25 heavy (non-hydrogen) atoms. The Morgan fingerprint density at radius 1 is 1.20 bits per heavy atom. The first kappa shape index (κ1) is 18.0. The zero-order valence-corrected chi connectivity index (χ0v) is 15.1. The predicted octanol–water partition coefficient (Wildman–Crippen LogP) is 4.55. The first-order valence-electron chi connectivity index (χ1n) is 8.13. The van der Waals surface area contributed by atoms with Crippen LogP contribution in [0.15, 0.2) is 46.9 Å². The smallest absolute Gasteiger partial charge is 0.253 e. The minimum atomic E-state index is -0.490. The van der Waals surface area contributed by atoms with E-state index in [0.29, 0.717) is 18.7 Å². The van der Waals surface area contributed by atoms with Gasteiger partial charge in [-0.25, -0.2) is 8.78 Å². The van der Waals surface area contributed by atoms with Crippen LogP contribution >= 0.6 is 15.9 Å². The molecule has 0 saturated carbocycles. The molecule has 132 valence electrons. The number of rotatable bonds is 4. The normalized spacial score (nSPS) is 17.6. The monoisotopic (exact) mass is 409 g/mol. The molecule has 0 bridgehead atoms. The Bertz CT molecular complexity index is 752. The lowest BCUT2D eigenvalue weighted by Gasteiger charge is -2.32. The van der Waals surface area contributed by atoms with E-state index in [0.717, 1.165) is 35.5 Å². The van der Waals surface area contributed by atoms with Gasteiger partial charge >= 0.3 is 0 Å². The van der Waals surface area contributed by atoms with Gasteiger partial charge in [-0.1, -0.05) is 15.9 Å². The minimum Gasteiger partial charge on any atom is -0.372 e. The molecule has 3 nitrogen and oxygen atoms in total. The van der Waals surface area contributed by atoms with Gasteiger partial charge in [0.1, 0.15) is 11.6 Å². The molecule has 1 heterocycles. The van der Waals surface area contributed by atoms with Crippen molar-refractivity contribution >= 4 is 21.8 Å². The molecule has 1 saturated heterocycles. The second-order valence-corrected chi connectivity index (χ2v) is 6.98. The molecule has 3 rings (SSSR count). The average Bonchev–Trinajstić information content (AvgIpc) is 2.63. The number of piperidine rings is 1. The quantitative estimate of drug-likeness (QED) is 0.741. The van der Waals surface area contributed by atoms with Crippen LogP contribution in [-0.2, 0) is 11.3 Å². The van der Waals surface area contributed by atoms with Crippen molar-refractivity contribution in [3.63, 3.8) is 0 Å². The van der Waals surface area contributed by atoms with Gasteiger partial charge in [0.25, 0.3) is 5.91 Å². The van der Waals surface area contributed by atoms with Crippen molar-refractivity contribution in [1.29, 1.82) is 0 Å². The fraction of sp³-hybridized carbons (Fsp3) is 0.316. The van der Waals surface area contributed by atoms with E-state index >= 15 is 0 Å². The lowest BCUT2D eigenvalue weighted by Crippen LogP contribution is -2.43. The Balaban J connectivity index is 1.60. The second kappa shape index (κ2) is 8.06. The summed E-state index contributed by atoms with van der Waals surface area (Å²) in [6, 6.07) is 10.5. The van der Waals surface area contributed by atoms with Gasteiger partial charge in [0, 0.05) is 28.7 Å². The van der Waals surface area contributed by atoms with Crippen LogP contribution < -0.4 is 0 Å². The van der Waals surface area contributed by atoms with E-state index in [1.54, 1.807) is 17.0 Å². The van der Waals surface area contributed by atoms with Crippen molar-refractivity contribution in [3.8, 4) is 0 Å². The third kappa shape index (κ3) is 4.64. The molecule has 0 spiro atoms. The number of likely N-dealkylation sites (tertiary alicyclic amines) is 1. The maximum absolute atomic E-state index is 13.7. The van der Waals surface area contributed by atoms with Gasteiger partial charge < -0.3 is 9.64 Å². The molecule has 2 aromatic rings. The highest BCUT2D eigenvalue weighted by Gasteiger charge is 2.25. The van der Waals surface area contributed by atoms with Crippen molar-refractivity contribution in [3.05, 3.63) is 69.7 Å². The van der Waals surface area contributed by atoms with Crippen LogP contribution in [0.4, 0.5) is 8.78 Å². The van der Waals surface area contributed by atoms with Crippen LogP contribution in [0.2, 0.25) is 0 Å². The summed E-state index contributed by atoms with van der Waals surface area (Å²) in [5.41, 5.74) is 0.816. The predicted molar refractivity (Wildman–Crippen MR) is 94.2 cm³/mol. The number of halogens is 3. The van der Waals surface area contributed by atoms with Crippen LogP contribution in [0, 0.1) is 11.6 Å². The van der Waals surface area contributed by atoms with E-state index in [9.17, 15) is 13.6 Å². The average molecular weight is 410 g/mol. The van der Waals surface area contributed by atoms with Crippen molar-refractivity contribution in [2.24, 2.45) is 0 Å². The van der Waals surface area contributed by atoms with Crippen LogP contribution in [0.1, 0.15) is 28.8 Å². The highest BCUT2D eigenvalue weighted by molar-refractivity contribution is 9.10. The van der Waals surface area contributed by atoms with Gasteiger partial charge in [-0.3, -0.25) is 4.79 Å². The van der Waals surface area contributed by atoms with Crippen LogP contribution in [-0.4, -0.2) is 30.0 Å². The fourth-order valence-electron chi connectivity index (χ4n) is 2.90. The van der Waals surface area contributed by atoms with Gasteiger partial charge in [0.2, 0.25) is 0 Å². The van der Waals surface area contributed by atoms with E-state index in [1.165, 1.54) is 0 Å². The topological polar surface area (TPSA) is 29.5 Å². The maximum Gasteiger partial charge on any atom is 0.253 e. The summed E-state index contributed by atoms with van der Waals surface area (Å²) >= 11 is 3.35. The molecule has 1 aliphatic rings. The lowest BCUT2D eigenvalue weighted by molar-refractivity contribution is -0.00769. The number of nitrogens with zero attached hydrogens (tertiary/aromatic N) is 1. The first-order valence-corrected chi connectivity index (χ1v) is 8.92. The molecule has 2 aromatic carbocycles. The molecule has 1 amide bonds. The Morgan fingerprint density at radius 2 is 1.96 bits per heavy atom. The third-order valence-electron chi connectivity index (χ3n) is 4.24. The van der Waals surface area contributed by atoms with Gasteiger partial charge in [0.15, 0.2) is 0 Å². The van der Waals surface area contributed by atoms with Gasteiger partial charge in [-0.05, 0) is 55.3 Å².